The third kappa shape index (κ3) is 2.75. The molecule has 2 aromatic heterocycles. The van der Waals surface area contributed by atoms with Gasteiger partial charge in [0, 0.05) is 0 Å². The summed E-state index contributed by atoms with van der Waals surface area (Å²) in [6, 6.07) is 3.21. The number of aromatic nitrogens is 2. The molecule has 0 fully saturated rings. The summed E-state index contributed by atoms with van der Waals surface area (Å²) in [4.78, 5) is 24.0. The van der Waals surface area contributed by atoms with E-state index in [4.69, 9.17) is 34.8 Å². The van der Waals surface area contributed by atoms with Crippen molar-refractivity contribution in [1.29, 1.82) is 0 Å². The highest BCUT2D eigenvalue weighted by atomic mass is 35.5. The van der Waals surface area contributed by atoms with Gasteiger partial charge < -0.3 is 0 Å². The molecule has 0 saturated carbocycles. The van der Waals surface area contributed by atoms with Gasteiger partial charge in [-0.05, 0) is 12.1 Å². The molecule has 4 nitrogen and oxygen atoms in total. The summed E-state index contributed by atoms with van der Waals surface area (Å²) in [5, 5.41) is 3.66. The van der Waals surface area contributed by atoms with Gasteiger partial charge in [-0.15, -0.1) is 11.3 Å². The van der Waals surface area contributed by atoms with Crippen molar-refractivity contribution in [3.8, 4) is 0 Å². The summed E-state index contributed by atoms with van der Waals surface area (Å²) in [5.41, 5.74) is -0.597. The van der Waals surface area contributed by atoms with Crippen LogP contribution in [0.25, 0.3) is 0 Å². The summed E-state index contributed by atoms with van der Waals surface area (Å²) < 4.78 is 1.47. The first-order chi connectivity index (χ1) is 8.49. The summed E-state index contributed by atoms with van der Waals surface area (Å²) in [5.74, 6) is -0.264. The van der Waals surface area contributed by atoms with Gasteiger partial charge in [0.05, 0.1) is 20.4 Å². The molecule has 2 aromatic rings. The maximum absolute atomic E-state index is 11.9. The van der Waals surface area contributed by atoms with Crippen LogP contribution in [0.3, 0.4) is 0 Å². The Kier molecular flexibility index (Phi) is 4.07. The Hall–Kier alpha value is -0.880. The van der Waals surface area contributed by atoms with Crippen LogP contribution >= 0.6 is 46.1 Å². The second kappa shape index (κ2) is 5.40. The molecule has 0 bridgehead atoms. The van der Waals surface area contributed by atoms with E-state index in [0.717, 1.165) is 16.0 Å². The third-order valence-electron chi connectivity index (χ3n) is 2.08. The maximum atomic E-state index is 11.9. The topological polar surface area (TPSA) is 52.0 Å². The van der Waals surface area contributed by atoms with Gasteiger partial charge in [-0.2, -0.15) is 5.10 Å². The van der Waals surface area contributed by atoms with Crippen LogP contribution in [0.2, 0.25) is 14.4 Å². The normalized spacial score (nSPS) is 10.6. The molecule has 18 heavy (non-hydrogen) atoms. The fourth-order valence-electron chi connectivity index (χ4n) is 1.24. The number of Topliss-reactive ketones (excluding diaryl/α,β-unsaturated/α-hetero) is 1. The number of thiophene rings is 1. The molecule has 0 aromatic carbocycles. The number of hydrogen-bond acceptors (Lipinski definition) is 4. The predicted octanol–water partition coefficient (Wildman–Crippen LogP) is 3.15. The van der Waals surface area contributed by atoms with Crippen LogP contribution in [0, 0.1) is 0 Å². The van der Waals surface area contributed by atoms with Crippen molar-refractivity contribution >= 4 is 51.9 Å². The van der Waals surface area contributed by atoms with Crippen molar-refractivity contribution in [1.82, 2.24) is 9.78 Å². The van der Waals surface area contributed by atoms with Crippen LogP contribution in [-0.2, 0) is 6.54 Å². The second-order valence-electron chi connectivity index (χ2n) is 3.30. The minimum absolute atomic E-state index is 0.0598. The molecule has 0 atom stereocenters. The average Bonchev–Trinajstić information content (AvgIpc) is 2.77. The van der Waals surface area contributed by atoms with Gasteiger partial charge >= 0.3 is 0 Å². The summed E-state index contributed by atoms with van der Waals surface area (Å²) in [6.45, 7) is -0.202. The van der Waals surface area contributed by atoms with Crippen molar-refractivity contribution in [3.05, 3.63) is 47.9 Å². The van der Waals surface area contributed by atoms with E-state index in [2.05, 4.69) is 5.10 Å². The fourth-order valence-corrected chi connectivity index (χ4v) is 2.48. The average molecular weight is 324 g/mol. The summed E-state index contributed by atoms with van der Waals surface area (Å²) in [7, 11) is 0. The zero-order chi connectivity index (χ0) is 13.3. The molecule has 8 heteroatoms. The Morgan fingerprint density at radius 3 is 2.67 bits per heavy atom. The maximum Gasteiger partial charge on any atom is 0.287 e. The lowest BCUT2D eigenvalue weighted by molar-refractivity contribution is 0.0969. The van der Waals surface area contributed by atoms with Gasteiger partial charge in [0.15, 0.2) is 5.78 Å². The first-order valence-corrected chi connectivity index (χ1v) is 6.63. The smallest absolute Gasteiger partial charge is 0.287 e. The Labute approximate surface area is 121 Å². The third-order valence-corrected chi connectivity index (χ3v) is 4.10. The molecule has 0 aliphatic rings. The Morgan fingerprint density at radius 2 is 2.06 bits per heavy atom. The van der Waals surface area contributed by atoms with Gasteiger partial charge in [-0.1, -0.05) is 34.8 Å². The Morgan fingerprint density at radius 1 is 1.33 bits per heavy atom. The number of rotatable bonds is 3. The highest BCUT2D eigenvalue weighted by molar-refractivity contribution is 7.18. The monoisotopic (exact) mass is 322 g/mol. The van der Waals surface area contributed by atoms with Crippen molar-refractivity contribution in [3.63, 3.8) is 0 Å². The molecular weight excluding hydrogens is 319 g/mol. The summed E-state index contributed by atoms with van der Waals surface area (Å²) >= 11 is 18.2. The number of carbonyl (C=O) groups excluding carboxylic acids is 1. The lowest BCUT2D eigenvalue weighted by Gasteiger charge is -2.03. The molecule has 2 rings (SSSR count). The first-order valence-electron chi connectivity index (χ1n) is 4.68. The lowest BCUT2D eigenvalue weighted by atomic mass is 10.3. The molecule has 0 N–H and O–H groups in total. The lowest BCUT2D eigenvalue weighted by Crippen LogP contribution is -2.26. The molecule has 2 heterocycles. The van der Waals surface area contributed by atoms with Crippen molar-refractivity contribution < 1.29 is 4.79 Å². The predicted molar refractivity (Wildman–Crippen MR) is 72.2 cm³/mol. The standard InChI is InChI=1S/C10H5Cl3N2O2S/c11-5-3-14-15(10(17)9(5)13)4-6(16)7-1-2-8(12)18-7/h1-3H,4H2. The van der Waals surface area contributed by atoms with Gasteiger partial charge in [0.1, 0.15) is 11.6 Å². The van der Waals surface area contributed by atoms with E-state index in [1.54, 1.807) is 12.1 Å². The first kappa shape index (κ1) is 13.5. The van der Waals surface area contributed by atoms with E-state index in [1.165, 1.54) is 6.20 Å². The van der Waals surface area contributed by atoms with Gasteiger partial charge in [0.2, 0.25) is 0 Å². The van der Waals surface area contributed by atoms with Crippen LogP contribution in [-0.4, -0.2) is 15.6 Å². The molecule has 0 unspecified atom stereocenters. The van der Waals surface area contributed by atoms with Gasteiger partial charge in [-0.3, -0.25) is 9.59 Å². The quantitative estimate of drug-likeness (QED) is 0.815. The van der Waals surface area contributed by atoms with Crippen molar-refractivity contribution in [2.24, 2.45) is 0 Å². The van der Waals surface area contributed by atoms with E-state index in [0.29, 0.717) is 9.21 Å². The van der Waals surface area contributed by atoms with Crippen LogP contribution in [0.5, 0.6) is 0 Å². The largest absolute Gasteiger partial charge is 0.291 e. The molecule has 0 aliphatic heterocycles. The van der Waals surface area contributed by atoms with E-state index < -0.39 is 5.56 Å². The van der Waals surface area contributed by atoms with Crippen molar-refractivity contribution in [2.45, 2.75) is 6.54 Å². The van der Waals surface area contributed by atoms with Crippen molar-refractivity contribution in [2.75, 3.05) is 0 Å². The molecule has 0 spiro atoms. The van der Waals surface area contributed by atoms with E-state index in [9.17, 15) is 9.59 Å². The number of ketones is 1. The second-order valence-corrected chi connectivity index (χ2v) is 5.80. The number of nitrogens with zero attached hydrogens (tertiary/aromatic N) is 2. The Balaban J connectivity index is 2.28. The zero-order valence-electron chi connectivity index (χ0n) is 8.69. The van der Waals surface area contributed by atoms with Gasteiger partial charge in [-0.25, -0.2) is 4.68 Å². The van der Waals surface area contributed by atoms with Crippen LogP contribution in [0.1, 0.15) is 9.67 Å². The zero-order valence-corrected chi connectivity index (χ0v) is 11.8. The number of hydrogen-bond donors (Lipinski definition) is 0. The van der Waals surface area contributed by atoms with Crippen LogP contribution in [0.4, 0.5) is 0 Å². The van der Waals surface area contributed by atoms with E-state index in [1.807, 2.05) is 0 Å². The molecular formula is C10H5Cl3N2O2S. The van der Waals surface area contributed by atoms with E-state index in [-0.39, 0.29) is 22.4 Å². The SMILES string of the molecule is O=C(Cn1ncc(Cl)c(Cl)c1=O)c1ccc(Cl)s1. The van der Waals surface area contributed by atoms with Crippen LogP contribution in [0.15, 0.2) is 23.1 Å². The number of carbonyl (C=O) groups is 1. The molecule has 94 valence electrons. The molecule has 0 amide bonds. The van der Waals surface area contributed by atoms with E-state index >= 15 is 0 Å². The minimum atomic E-state index is -0.597. The summed E-state index contributed by atoms with van der Waals surface area (Å²) in [6.07, 6.45) is 1.22. The Bertz CT molecular complexity index is 665. The number of halogens is 3. The minimum Gasteiger partial charge on any atom is -0.291 e. The molecule has 0 radical (unpaired) electrons. The van der Waals surface area contributed by atoms with Crippen LogP contribution < -0.4 is 5.56 Å². The molecule has 0 aliphatic carbocycles. The highest BCUT2D eigenvalue weighted by Crippen LogP contribution is 2.22. The highest BCUT2D eigenvalue weighted by Gasteiger charge is 2.13. The molecule has 0 saturated heterocycles. The van der Waals surface area contributed by atoms with Gasteiger partial charge in [0.25, 0.3) is 5.56 Å². The fraction of sp³-hybridized carbons (Fsp3) is 0.100.